The van der Waals surface area contributed by atoms with Crippen molar-refractivity contribution >= 4 is 17.6 Å². The van der Waals surface area contributed by atoms with Crippen molar-refractivity contribution in [1.29, 1.82) is 0 Å². The Hall–Kier alpha value is -4.02. The van der Waals surface area contributed by atoms with Crippen LogP contribution in [0.15, 0.2) is 48.5 Å². The number of hydrogen-bond acceptors (Lipinski definition) is 5. The number of ether oxygens (including phenoxy) is 1. The number of amides is 2. The van der Waals surface area contributed by atoms with Gasteiger partial charge in [0.05, 0.1) is 11.4 Å². The first kappa shape index (κ1) is 24.7. The minimum absolute atomic E-state index is 0.0723. The van der Waals surface area contributed by atoms with E-state index in [0.717, 1.165) is 56.4 Å². The first-order valence-electron chi connectivity index (χ1n) is 12.1. The second-order valence-electron chi connectivity index (χ2n) is 9.33. The van der Waals surface area contributed by atoms with Gasteiger partial charge in [0.25, 0.3) is 5.91 Å². The third kappa shape index (κ3) is 5.87. The quantitative estimate of drug-likeness (QED) is 0.362. The van der Waals surface area contributed by atoms with Crippen LogP contribution in [0, 0.1) is 0 Å². The first-order chi connectivity index (χ1) is 17.7. The number of phenols is 1. The third-order valence-corrected chi connectivity index (χ3v) is 6.49. The van der Waals surface area contributed by atoms with Gasteiger partial charge in [0.1, 0.15) is 11.5 Å². The molecule has 0 saturated heterocycles. The van der Waals surface area contributed by atoms with E-state index in [9.17, 15) is 27.9 Å². The molecule has 0 unspecified atom stereocenters. The summed E-state index contributed by atoms with van der Waals surface area (Å²) in [6.07, 6.45) is 1.12. The molecule has 5 rings (SSSR count). The van der Waals surface area contributed by atoms with E-state index in [1.165, 1.54) is 35.0 Å². The highest BCUT2D eigenvalue weighted by molar-refractivity contribution is 6.04. The zero-order valence-electron chi connectivity index (χ0n) is 19.7. The van der Waals surface area contributed by atoms with Crippen LogP contribution in [0.5, 0.6) is 11.5 Å². The van der Waals surface area contributed by atoms with E-state index in [2.05, 4.69) is 20.5 Å². The zero-order valence-corrected chi connectivity index (χ0v) is 19.7. The number of hydrogen-bond donors (Lipinski definition) is 3. The van der Waals surface area contributed by atoms with Crippen molar-refractivity contribution in [2.75, 3.05) is 5.32 Å². The molecule has 2 aromatic carbocycles. The molecule has 3 aromatic rings. The molecule has 2 saturated carbocycles. The van der Waals surface area contributed by atoms with Crippen molar-refractivity contribution in [3.63, 3.8) is 0 Å². The first-order valence-corrected chi connectivity index (χ1v) is 12.1. The van der Waals surface area contributed by atoms with Crippen molar-refractivity contribution in [1.82, 2.24) is 15.1 Å². The number of phenolic OH excluding ortho intramolecular Hbond substituents is 1. The molecule has 3 N–H and O–H groups in total. The minimum atomic E-state index is -4.82. The standard InChI is InChI=1S/C26H25F3N4O4/c27-26(28,29)37-19-10-5-16(6-11-19)24(35)30-18-9-12-23(34)20(13-18)21-14-22(15-3-1-2-4-15)33(32-21)25(36)31-17-7-8-17/h5-6,9-15,17,34H,1-4,7-8H2,(H,30,35)(H,31,36). The van der Waals surface area contributed by atoms with Gasteiger partial charge in [-0.05, 0) is 74.2 Å². The van der Waals surface area contributed by atoms with Crippen molar-refractivity contribution < 1.29 is 32.6 Å². The number of anilines is 1. The van der Waals surface area contributed by atoms with Gasteiger partial charge in [-0.2, -0.15) is 9.78 Å². The maximum Gasteiger partial charge on any atom is 0.573 e. The van der Waals surface area contributed by atoms with Crippen LogP contribution in [0.25, 0.3) is 11.3 Å². The number of benzene rings is 2. The number of carbonyl (C=O) groups is 2. The van der Waals surface area contributed by atoms with E-state index in [4.69, 9.17) is 0 Å². The molecule has 2 amide bonds. The average molecular weight is 515 g/mol. The monoisotopic (exact) mass is 514 g/mol. The molecule has 1 aromatic heterocycles. The van der Waals surface area contributed by atoms with Gasteiger partial charge >= 0.3 is 12.4 Å². The Kier molecular flexibility index (Phi) is 6.53. The van der Waals surface area contributed by atoms with E-state index >= 15 is 0 Å². The third-order valence-electron chi connectivity index (χ3n) is 6.49. The predicted molar refractivity (Wildman–Crippen MR) is 129 cm³/mol. The second-order valence-corrected chi connectivity index (χ2v) is 9.33. The zero-order chi connectivity index (χ0) is 26.2. The summed E-state index contributed by atoms with van der Waals surface area (Å²) in [4.78, 5) is 25.5. The van der Waals surface area contributed by atoms with E-state index in [0.29, 0.717) is 16.9 Å². The minimum Gasteiger partial charge on any atom is -0.507 e. The molecule has 0 radical (unpaired) electrons. The molecule has 11 heteroatoms. The average Bonchev–Trinajstić information content (AvgIpc) is 3.31. The lowest BCUT2D eigenvalue weighted by Gasteiger charge is -2.11. The van der Waals surface area contributed by atoms with Crippen molar-refractivity contribution in [2.45, 2.75) is 56.8 Å². The number of rotatable bonds is 6. The number of carbonyl (C=O) groups excluding carboxylic acids is 2. The molecule has 0 spiro atoms. The highest BCUT2D eigenvalue weighted by Crippen LogP contribution is 2.38. The van der Waals surface area contributed by atoms with Gasteiger partial charge in [-0.3, -0.25) is 4.79 Å². The van der Waals surface area contributed by atoms with Crippen LogP contribution in [0.4, 0.5) is 23.7 Å². The lowest BCUT2D eigenvalue weighted by Crippen LogP contribution is -2.32. The molecule has 0 aliphatic heterocycles. The molecule has 2 aliphatic rings. The van der Waals surface area contributed by atoms with Crippen LogP contribution in [0.2, 0.25) is 0 Å². The lowest BCUT2D eigenvalue weighted by molar-refractivity contribution is -0.274. The summed E-state index contributed by atoms with van der Waals surface area (Å²) in [5.74, 6) is -0.871. The number of halogens is 3. The number of nitrogens with one attached hydrogen (secondary N) is 2. The van der Waals surface area contributed by atoms with Gasteiger partial charge in [0.2, 0.25) is 0 Å². The van der Waals surface area contributed by atoms with Crippen LogP contribution in [0.1, 0.15) is 60.5 Å². The normalized spacial score (nSPS) is 16.0. The fourth-order valence-corrected chi connectivity index (χ4v) is 4.50. The van der Waals surface area contributed by atoms with Gasteiger partial charge in [-0.15, -0.1) is 13.2 Å². The Morgan fingerprint density at radius 2 is 1.70 bits per heavy atom. The molecule has 2 fully saturated rings. The number of alkyl halides is 3. The SMILES string of the molecule is O=C(Nc1ccc(O)c(-c2cc(C3CCCC3)n(C(=O)NC3CC3)n2)c1)c1ccc(OC(F)(F)F)cc1. The van der Waals surface area contributed by atoms with Crippen molar-refractivity contribution in [3.05, 3.63) is 59.8 Å². The van der Waals surface area contributed by atoms with Crippen LogP contribution in [-0.2, 0) is 0 Å². The summed E-state index contributed by atoms with van der Waals surface area (Å²) in [6.45, 7) is 0. The number of aromatic nitrogens is 2. The van der Waals surface area contributed by atoms with Gasteiger partial charge in [0, 0.05) is 28.8 Å². The fraction of sp³-hybridized carbons (Fsp3) is 0.346. The summed E-state index contributed by atoms with van der Waals surface area (Å²) in [7, 11) is 0. The summed E-state index contributed by atoms with van der Waals surface area (Å²) >= 11 is 0. The van der Waals surface area contributed by atoms with Gasteiger partial charge in [-0.25, -0.2) is 4.79 Å². The van der Waals surface area contributed by atoms with Crippen LogP contribution < -0.4 is 15.4 Å². The molecule has 2 aliphatic carbocycles. The van der Waals surface area contributed by atoms with E-state index < -0.39 is 18.0 Å². The van der Waals surface area contributed by atoms with Crippen molar-refractivity contribution in [3.8, 4) is 22.8 Å². The topological polar surface area (TPSA) is 105 Å². The lowest BCUT2D eigenvalue weighted by atomic mass is 10.0. The smallest absolute Gasteiger partial charge is 0.507 e. The largest absolute Gasteiger partial charge is 0.573 e. The summed E-state index contributed by atoms with van der Waals surface area (Å²) in [5, 5.41) is 20.7. The maximum atomic E-state index is 12.9. The Morgan fingerprint density at radius 1 is 1.00 bits per heavy atom. The van der Waals surface area contributed by atoms with E-state index in [1.54, 1.807) is 0 Å². The molecule has 0 bridgehead atoms. The summed E-state index contributed by atoms with van der Waals surface area (Å²) in [5.41, 5.74) is 1.99. The maximum absolute atomic E-state index is 12.9. The Balaban J connectivity index is 1.38. The van der Waals surface area contributed by atoms with Crippen molar-refractivity contribution in [2.24, 2.45) is 0 Å². The predicted octanol–water partition coefficient (Wildman–Crippen LogP) is 5.78. The van der Waals surface area contributed by atoms with Crippen LogP contribution in [-0.4, -0.2) is 39.2 Å². The molecular formula is C26H25F3N4O4. The number of aromatic hydroxyl groups is 1. The summed E-state index contributed by atoms with van der Waals surface area (Å²) < 4.78 is 42.3. The van der Waals surface area contributed by atoms with E-state index in [-0.39, 0.29) is 29.3 Å². The number of nitrogens with zero attached hydrogens (tertiary/aromatic N) is 2. The van der Waals surface area contributed by atoms with Crippen LogP contribution >= 0.6 is 0 Å². The van der Waals surface area contributed by atoms with Gasteiger partial charge in [0.15, 0.2) is 0 Å². The second kappa shape index (κ2) is 9.79. The Labute approximate surface area is 210 Å². The Bertz CT molecular complexity index is 1310. The highest BCUT2D eigenvalue weighted by Gasteiger charge is 2.31. The Morgan fingerprint density at radius 3 is 2.35 bits per heavy atom. The van der Waals surface area contributed by atoms with E-state index in [1.807, 2.05) is 6.07 Å². The molecule has 194 valence electrons. The molecule has 37 heavy (non-hydrogen) atoms. The molecule has 8 nitrogen and oxygen atoms in total. The van der Waals surface area contributed by atoms with Gasteiger partial charge in [-0.1, -0.05) is 12.8 Å². The molecular weight excluding hydrogens is 489 g/mol. The molecule has 1 heterocycles. The van der Waals surface area contributed by atoms with Gasteiger partial charge < -0.3 is 20.5 Å². The highest BCUT2D eigenvalue weighted by atomic mass is 19.4. The van der Waals surface area contributed by atoms with Crippen LogP contribution in [0.3, 0.4) is 0 Å². The fourth-order valence-electron chi connectivity index (χ4n) is 4.50. The molecule has 0 atom stereocenters. The summed E-state index contributed by atoms with van der Waals surface area (Å²) in [6, 6.07) is 10.6.